The number of aromatic nitrogens is 1. The number of nitrogens with zero attached hydrogens (tertiary/aromatic N) is 1. The molecule has 1 atom stereocenters. The number of carbonyl (C=O) groups excluding carboxylic acids is 1. The van der Waals surface area contributed by atoms with Gasteiger partial charge in [-0.15, -0.1) is 11.3 Å². The number of hydrogen-bond acceptors (Lipinski definition) is 5. The number of hydrogen-bond donors (Lipinski definition) is 2. The quantitative estimate of drug-likeness (QED) is 0.324. The summed E-state index contributed by atoms with van der Waals surface area (Å²) in [6.45, 7) is 3.84. The van der Waals surface area contributed by atoms with Gasteiger partial charge in [0.1, 0.15) is 5.00 Å². The maximum atomic E-state index is 13.3. The van der Waals surface area contributed by atoms with Crippen LogP contribution in [0.1, 0.15) is 43.7 Å². The first-order chi connectivity index (χ1) is 15.7. The molecule has 2 N–H and O–H groups in total. The Morgan fingerprint density at radius 1 is 1.12 bits per heavy atom. The first-order valence-electron chi connectivity index (χ1n) is 10.0. The fourth-order valence-electron chi connectivity index (χ4n) is 3.48. The predicted octanol–water partition coefficient (Wildman–Crippen LogP) is 6.83. The van der Waals surface area contributed by atoms with Crippen LogP contribution in [0.2, 0.25) is 0 Å². The zero-order chi connectivity index (χ0) is 23.6. The van der Waals surface area contributed by atoms with Gasteiger partial charge in [0.05, 0.1) is 17.9 Å². The minimum absolute atomic E-state index is 0.161. The highest BCUT2D eigenvalue weighted by Gasteiger charge is 2.31. The fraction of sp³-hybridized carbons (Fsp3) is 0.167. The second-order valence-corrected chi connectivity index (χ2v) is 8.62. The molecule has 5 nitrogen and oxygen atoms in total. The van der Waals surface area contributed by atoms with Gasteiger partial charge in [-0.3, -0.25) is 9.78 Å². The minimum Gasteiger partial charge on any atom is -0.459 e. The minimum atomic E-state index is -4.46. The van der Waals surface area contributed by atoms with Crippen LogP contribution in [0.15, 0.2) is 71.6 Å². The average Bonchev–Trinajstić information content (AvgIpc) is 3.42. The van der Waals surface area contributed by atoms with Crippen LogP contribution in [-0.4, -0.2) is 10.9 Å². The Hall–Kier alpha value is -3.59. The number of furan rings is 1. The summed E-state index contributed by atoms with van der Waals surface area (Å²) in [5.41, 5.74) is 1.96. The second kappa shape index (κ2) is 9.11. The average molecular weight is 472 g/mol. The SMILES string of the molecule is Cc1sc(NC(=O)c2ccco2)c(C(Nc2cccc(C(F)(F)F)c2)c2cccnc2)c1C. The summed E-state index contributed by atoms with van der Waals surface area (Å²) in [6, 6.07) is 11.2. The van der Waals surface area contributed by atoms with Crippen molar-refractivity contribution in [3.05, 3.63) is 100 Å². The summed E-state index contributed by atoms with van der Waals surface area (Å²) in [5, 5.41) is 6.69. The van der Waals surface area contributed by atoms with Gasteiger partial charge in [-0.1, -0.05) is 12.1 Å². The van der Waals surface area contributed by atoms with E-state index in [1.807, 2.05) is 19.9 Å². The summed E-state index contributed by atoms with van der Waals surface area (Å²) < 4.78 is 45.0. The smallest absolute Gasteiger partial charge is 0.416 e. The molecule has 170 valence electrons. The van der Waals surface area contributed by atoms with Crippen LogP contribution in [0, 0.1) is 13.8 Å². The van der Waals surface area contributed by atoms with Crippen LogP contribution < -0.4 is 10.6 Å². The first-order valence-corrected chi connectivity index (χ1v) is 10.8. The molecule has 1 unspecified atom stereocenters. The number of anilines is 2. The molecule has 4 aromatic rings. The Bertz CT molecular complexity index is 1250. The van der Waals surface area contributed by atoms with Gasteiger partial charge >= 0.3 is 6.18 Å². The van der Waals surface area contributed by atoms with Crippen molar-refractivity contribution in [2.45, 2.75) is 26.1 Å². The van der Waals surface area contributed by atoms with Crippen molar-refractivity contribution >= 4 is 27.9 Å². The van der Waals surface area contributed by atoms with Gasteiger partial charge < -0.3 is 15.1 Å². The molecule has 0 bridgehead atoms. The highest BCUT2D eigenvalue weighted by molar-refractivity contribution is 7.16. The number of carbonyl (C=O) groups is 1. The monoisotopic (exact) mass is 471 g/mol. The number of pyridine rings is 1. The summed E-state index contributed by atoms with van der Waals surface area (Å²) in [7, 11) is 0. The Labute approximate surface area is 192 Å². The second-order valence-electron chi connectivity index (χ2n) is 7.40. The molecule has 4 rings (SSSR count). The Morgan fingerprint density at radius 3 is 2.61 bits per heavy atom. The van der Waals surface area contributed by atoms with Crippen molar-refractivity contribution < 1.29 is 22.4 Å². The van der Waals surface area contributed by atoms with E-state index >= 15 is 0 Å². The summed E-state index contributed by atoms with van der Waals surface area (Å²) in [4.78, 5) is 17.8. The van der Waals surface area contributed by atoms with E-state index in [1.54, 1.807) is 36.7 Å². The number of rotatable bonds is 6. The molecule has 0 saturated carbocycles. The molecule has 1 aromatic carbocycles. The van der Waals surface area contributed by atoms with Crippen LogP contribution >= 0.6 is 11.3 Å². The van der Waals surface area contributed by atoms with E-state index in [2.05, 4.69) is 15.6 Å². The molecule has 0 radical (unpaired) electrons. The number of benzene rings is 1. The molecule has 0 aliphatic heterocycles. The number of amides is 1. The number of alkyl halides is 3. The molecule has 3 heterocycles. The van der Waals surface area contributed by atoms with Crippen LogP contribution in [-0.2, 0) is 6.18 Å². The normalized spacial score (nSPS) is 12.4. The predicted molar refractivity (Wildman–Crippen MR) is 122 cm³/mol. The van der Waals surface area contributed by atoms with Crippen molar-refractivity contribution in [2.75, 3.05) is 10.6 Å². The standard InChI is InChI=1S/C24H20F3N3O2S/c1-14-15(2)33-23(30-22(31)19-9-5-11-32-19)20(14)21(16-6-4-10-28-13-16)29-18-8-3-7-17(12-18)24(25,26)27/h3-13,21,29H,1-2H3,(H,30,31). The first kappa shape index (κ1) is 22.6. The lowest BCUT2D eigenvalue weighted by molar-refractivity contribution is -0.137. The molecule has 3 aromatic heterocycles. The van der Waals surface area contributed by atoms with Crippen molar-refractivity contribution in [1.82, 2.24) is 4.98 Å². The lowest BCUT2D eigenvalue weighted by Gasteiger charge is -2.23. The number of aryl methyl sites for hydroxylation is 1. The molecule has 9 heteroatoms. The third-order valence-electron chi connectivity index (χ3n) is 5.21. The molecule has 0 saturated heterocycles. The van der Waals surface area contributed by atoms with Crippen molar-refractivity contribution in [3.63, 3.8) is 0 Å². The molecule has 0 fully saturated rings. The van der Waals surface area contributed by atoms with Gasteiger partial charge in [0.15, 0.2) is 5.76 Å². The van der Waals surface area contributed by atoms with E-state index in [1.165, 1.54) is 23.7 Å². The van der Waals surface area contributed by atoms with Crippen LogP contribution in [0.4, 0.5) is 23.9 Å². The molecule has 33 heavy (non-hydrogen) atoms. The van der Waals surface area contributed by atoms with Crippen LogP contribution in [0.5, 0.6) is 0 Å². The number of halogens is 3. The van der Waals surface area contributed by atoms with E-state index < -0.39 is 23.7 Å². The van der Waals surface area contributed by atoms with E-state index in [4.69, 9.17) is 4.42 Å². The Kier molecular flexibility index (Phi) is 6.24. The molecule has 0 spiro atoms. The number of thiophene rings is 1. The van der Waals surface area contributed by atoms with Gasteiger partial charge in [0, 0.05) is 28.5 Å². The van der Waals surface area contributed by atoms with Crippen molar-refractivity contribution in [2.24, 2.45) is 0 Å². The highest BCUT2D eigenvalue weighted by atomic mass is 32.1. The van der Waals surface area contributed by atoms with Gasteiger partial charge in [0.2, 0.25) is 0 Å². The molecular weight excluding hydrogens is 451 g/mol. The van der Waals surface area contributed by atoms with Gasteiger partial charge in [-0.25, -0.2) is 0 Å². The van der Waals surface area contributed by atoms with Crippen molar-refractivity contribution in [1.29, 1.82) is 0 Å². The van der Waals surface area contributed by atoms with E-state index in [9.17, 15) is 18.0 Å². The van der Waals surface area contributed by atoms with Gasteiger partial charge in [-0.2, -0.15) is 13.2 Å². The van der Waals surface area contributed by atoms with E-state index in [0.29, 0.717) is 10.7 Å². The highest BCUT2D eigenvalue weighted by Crippen LogP contribution is 2.41. The summed E-state index contributed by atoms with van der Waals surface area (Å²) in [6.07, 6.45) is 0.221. The lowest BCUT2D eigenvalue weighted by Crippen LogP contribution is -2.17. The Balaban J connectivity index is 1.77. The molecule has 0 aliphatic carbocycles. The van der Waals surface area contributed by atoms with E-state index in [0.717, 1.165) is 33.7 Å². The van der Waals surface area contributed by atoms with Crippen LogP contribution in [0.3, 0.4) is 0 Å². The zero-order valence-corrected chi connectivity index (χ0v) is 18.6. The third-order valence-corrected chi connectivity index (χ3v) is 6.35. The van der Waals surface area contributed by atoms with E-state index in [-0.39, 0.29) is 5.76 Å². The fourth-order valence-corrected chi connectivity index (χ4v) is 4.57. The Morgan fingerprint density at radius 2 is 1.94 bits per heavy atom. The largest absolute Gasteiger partial charge is 0.459 e. The molecule has 0 aliphatic rings. The summed E-state index contributed by atoms with van der Waals surface area (Å²) in [5.74, 6) is -0.250. The van der Waals surface area contributed by atoms with Gasteiger partial charge in [-0.05, 0) is 61.4 Å². The third kappa shape index (κ3) is 4.93. The van der Waals surface area contributed by atoms with Crippen molar-refractivity contribution in [3.8, 4) is 0 Å². The maximum Gasteiger partial charge on any atom is 0.416 e. The molecular formula is C24H20F3N3O2S. The number of nitrogens with one attached hydrogen (secondary N) is 2. The van der Waals surface area contributed by atoms with Crippen LogP contribution in [0.25, 0.3) is 0 Å². The zero-order valence-electron chi connectivity index (χ0n) is 17.7. The molecule has 1 amide bonds. The lowest BCUT2D eigenvalue weighted by atomic mass is 9.97. The maximum absolute atomic E-state index is 13.3. The topological polar surface area (TPSA) is 67.2 Å². The summed E-state index contributed by atoms with van der Waals surface area (Å²) >= 11 is 1.39. The van der Waals surface area contributed by atoms with Gasteiger partial charge in [0.25, 0.3) is 5.91 Å².